The number of amides is 1. The number of hydrogen-bond acceptors (Lipinski definition) is 3. The summed E-state index contributed by atoms with van der Waals surface area (Å²) in [7, 11) is 1.57. The number of rotatable bonds is 4. The first kappa shape index (κ1) is 12.0. The number of carbonyl (C=O) groups excluding carboxylic acids is 1. The second-order valence-corrected chi connectivity index (χ2v) is 3.97. The van der Waals surface area contributed by atoms with Crippen LogP contribution in [0.25, 0.3) is 0 Å². The van der Waals surface area contributed by atoms with Crippen LogP contribution in [0.1, 0.15) is 5.56 Å². The number of halogens is 1. The highest BCUT2D eigenvalue weighted by Gasteiger charge is 2.29. The molecular formula is C12H14FNO3. The number of benzene rings is 1. The van der Waals surface area contributed by atoms with Gasteiger partial charge in [-0.3, -0.25) is 9.63 Å². The fourth-order valence-electron chi connectivity index (χ4n) is 1.45. The lowest BCUT2D eigenvalue weighted by Gasteiger charge is -2.28. The maximum absolute atomic E-state index is 12.7. The van der Waals surface area contributed by atoms with E-state index in [1.54, 1.807) is 19.2 Å². The van der Waals surface area contributed by atoms with Gasteiger partial charge in [0.1, 0.15) is 12.4 Å². The Labute approximate surface area is 98.9 Å². The predicted molar refractivity (Wildman–Crippen MR) is 58.3 cm³/mol. The Kier molecular flexibility index (Phi) is 3.71. The van der Waals surface area contributed by atoms with E-state index in [1.807, 2.05) is 0 Å². The summed E-state index contributed by atoms with van der Waals surface area (Å²) in [5.41, 5.74) is 0.816. The average molecular weight is 239 g/mol. The van der Waals surface area contributed by atoms with Crippen LogP contribution in [0, 0.1) is 11.7 Å². The van der Waals surface area contributed by atoms with E-state index in [-0.39, 0.29) is 24.2 Å². The Morgan fingerprint density at radius 2 is 2.12 bits per heavy atom. The zero-order valence-electron chi connectivity index (χ0n) is 9.56. The van der Waals surface area contributed by atoms with Gasteiger partial charge in [0.25, 0.3) is 5.91 Å². The van der Waals surface area contributed by atoms with Crippen molar-refractivity contribution in [3.05, 3.63) is 35.6 Å². The molecule has 92 valence electrons. The first-order chi connectivity index (χ1) is 8.16. The molecule has 1 saturated heterocycles. The van der Waals surface area contributed by atoms with Crippen molar-refractivity contribution < 1.29 is 18.8 Å². The number of carbonyl (C=O) groups is 1. The van der Waals surface area contributed by atoms with Gasteiger partial charge in [0, 0.05) is 7.05 Å². The summed E-state index contributed by atoms with van der Waals surface area (Å²) in [4.78, 5) is 17.0. The summed E-state index contributed by atoms with van der Waals surface area (Å²) in [6, 6.07) is 5.97. The van der Waals surface area contributed by atoms with Crippen LogP contribution in [0.3, 0.4) is 0 Å². The molecule has 2 rings (SSSR count). The molecule has 0 spiro atoms. The fraction of sp³-hybridized carbons (Fsp3) is 0.417. The highest BCUT2D eigenvalue weighted by molar-refractivity contribution is 5.78. The van der Waals surface area contributed by atoms with Gasteiger partial charge in [0.05, 0.1) is 19.1 Å². The zero-order valence-corrected chi connectivity index (χ0v) is 9.56. The third-order valence-electron chi connectivity index (χ3n) is 2.64. The van der Waals surface area contributed by atoms with Crippen molar-refractivity contribution in [2.75, 3.05) is 20.3 Å². The van der Waals surface area contributed by atoms with Crippen LogP contribution in [0.5, 0.6) is 0 Å². The fourth-order valence-corrected chi connectivity index (χ4v) is 1.45. The molecule has 1 aromatic rings. The van der Waals surface area contributed by atoms with Crippen LogP contribution < -0.4 is 0 Å². The number of hydroxylamine groups is 2. The summed E-state index contributed by atoms with van der Waals surface area (Å²) >= 11 is 0. The van der Waals surface area contributed by atoms with E-state index in [0.29, 0.717) is 13.2 Å². The smallest absolute Gasteiger partial charge is 0.253 e. The molecule has 17 heavy (non-hydrogen) atoms. The standard InChI is InChI=1S/C12H14FNO3/c1-14(12(15)10-7-16-8-10)17-6-9-2-4-11(13)5-3-9/h2-5,10H,6-8H2,1H3. The zero-order chi connectivity index (χ0) is 12.3. The minimum Gasteiger partial charge on any atom is -0.380 e. The molecule has 0 saturated carbocycles. The van der Waals surface area contributed by atoms with Crippen LogP contribution in [-0.4, -0.2) is 31.2 Å². The molecule has 1 amide bonds. The molecule has 1 aromatic carbocycles. The van der Waals surface area contributed by atoms with Crippen LogP contribution >= 0.6 is 0 Å². The lowest BCUT2D eigenvalue weighted by Crippen LogP contribution is -2.43. The Balaban J connectivity index is 1.80. The highest BCUT2D eigenvalue weighted by Crippen LogP contribution is 2.13. The van der Waals surface area contributed by atoms with Crippen molar-refractivity contribution in [2.24, 2.45) is 5.92 Å². The first-order valence-electron chi connectivity index (χ1n) is 5.39. The van der Waals surface area contributed by atoms with Gasteiger partial charge in [-0.15, -0.1) is 0 Å². The van der Waals surface area contributed by atoms with Crippen molar-refractivity contribution in [3.8, 4) is 0 Å². The van der Waals surface area contributed by atoms with E-state index in [2.05, 4.69) is 0 Å². The average Bonchev–Trinajstić information content (AvgIpc) is 2.25. The molecule has 0 N–H and O–H groups in total. The van der Waals surface area contributed by atoms with E-state index in [9.17, 15) is 9.18 Å². The number of nitrogens with zero attached hydrogens (tertiary/aromatic N) is 1. The van der Waals surface area contributed by atoms with Crippen molar-refractivity contribution in [1.29, 1.82) is 0 Å². The monoisotopic (exact) mass is 239 g/mol. The molecular weight excluding hydrogens is 225 g/mol. The molecule has 4 nitrogen and oxygen atoms in total. The lowest BCUT2D eigenvalue weighted by molar-refractivity contribution is -0.198. The maximum atomic E-state index is 12.7. The third kappa shape index (κ3) is 3.01. The third-order valence-corrected chi connectivity index (χ3v) is 2.64. The van der Waals surface area contributed by atoms with Crippen molar-refractivity contribution >= 4 is 5.91 Å². The molecule has 1 fully saturated rings. The Hall–Kier alpha value is -1.46. The summed E-state index contributed by atoms with van der Waals surface area (Å²) < 4.78 is 17.6. The summed E-state index contributed by atoms with van der Waals surface area (Å²) in [5.74, 6) is -0.462. The molecule has 1 aliphatic heterocycles. The molecule has 5 heteroatoms. The molecule has 0 radical (unpaired) electrons. The molecule has 1 heterocycles. The first-order valence-corrected chi connectivity index (χ1v) is 5.39. The van der Waals surface area contributed by atoms with Crippen LogP contribution in [-0.2, 0) is 21.0 Å². The molecule has 1 aliphatic rings. The van der Waals surface area contributed by atoms with Gasteiger partial charge in [-0.2, -0.15) is 0 Å². The summed E-state index contributed by atoms with van der Waals surface area (Å²) in [6.45, 7) is 1.17. The van der Waals surface area contributed by atoms with Gasteiger partial charge in [-0.05, 0) is 17.7 Å². The lowest BCUT2D eigenvalue weighted by atomic mass is 10.1. The van der Waals surface area contributed by atoms with Crippen LogP contribution in [0.4, 0.5) is 4.39 Å². The molecule has 0 unspecified atom stereocenters. The van der Waals surface area contributed by atoms with Gasteiger partial charge in [0.2, 0.25) is 0 Å². The predicted octanol–water partition coefficient (Wildman–Crippen LogP) is 1.36. The molecule has 0 bridgehead atoms. The van der Waals surface area contributed by atoms with Gasteiger partial charge >= 0.3 is 0 Å². The van der Waals surface area contributed by atoms with Crippen molar-refractivity contribution in [1.82, 2.24) is 5.06 Å². The largest absolute Gasteiger partial charge is 0.380 e. The highest BCUT2D eigenvalue weighted by atomic mass is 19.1. The van der Waals surface area contributed by atoms with E-state index in [4.69, 9.17) is 9.57 Å². The van der Waals surface area contributed by atoms with Gasteiger partial charge in [-0.1, -0.05) is 12.1 Å². The van der Waals surface area contributed by atoms with E-state index < -0.39 is 0 Å². The van der Waals surface area contributed by atoms with Gasteiger partial charge in [0.15, 0.2) is 0 Å². The molecule has 0 aromatic heterocycles. The topological polar surface area (TPSA) is 38.8 Å². The quantitative estimate of drug-likeness (QED) is 0.745. The minimum absolute atomic E-state index is 0.0849. The minimum atomic E-state index is -0.287. The van der Waals surface area contributed by atoms with Crippen LogP contribution in [0.2, 0.25) is 0 Å². The van der Waals surface area contributed by atoms with E-state index >= 15 is 0 Å². The number of hydrogen-bond donors (Lipinski definition) is 0. The summed E-state index contributed by atoms with van der Waals surface area (Å²) in [5, 5.41) is 1.22. The van der Waals surface area contributed by atoms with Gasteiger partial charge in [-0.25, -0.2) is 9.45 Å². The van der Waals surface area contributed by atoms with Crippen LogP contribution in [0.15, 0.2) is 24.3 Å². The molecule has 0 atom stereocenters. The maximum Gasteiger partial charge on any atom is 0.253 e. The summed E-state index contributed by atoms with van der Waals surface area (Å²) in [6.07, 6.45) is 0. The van der Waals surface area contributed by atoms with E-state index in [1.165, 1.54) is 17.2 Å². The second-order valence-electron chi connectivity index (χ2n) is 3.97. The van der Waals surface area contributed by atoms with Crippen molar-refractivity contribution in [3.63, 3.8) is 0 Å². The van der Waals surface area contributed by atoms with Crippen molar-refractivity contribution in [2.45, 2.75) is 6.61 Å². The second kappa shape index (κ2) is 5.25. The Bertz CT molecular complexity index is 389. The molecule has 0 aliphatic carbocycles. The Morgan fingerprint density at radius 1 is 1.47 bits per heavy atom. The SMILES string of the molecule is CN(OCc1ccc(F)cc1)C(=O)C1COC1. The Morgan fingerprint density at radius 3 is 2.65 bits per heavy atom. The van der Waals surface area contributed by atoms with Gasteiger partial charge < -0.3 is 4.74 Å². The number of ether oxygens (including phenoxy) is 1. The normalized spacial score (nSPS) is 15.4. The van der Waals surface area contributed by atoms with E-state index in [0.717, 1.165) is 5.56 Å².